The van der Waals surface area contributed by atoms with Gasteiger partial charge >= 0.3 is 0 Å². The highest BCUT2D eigenvalue weighted by atomic mass is 32.1. The van der Waals surface area contributed by atoms with Crippen molar-refractivity contribution in [3.63, 3.8) is 0 Å². The number of fused-ring (bicyclic) bond motifs is 3. The average Bonchev–Trinajstić information content (AvgIpc) is 3.09. The standard InChI is InChI=1S/C17H20N4OS/c1-11-15(12-4-8-21(11)9-5-12)20-16(22)14-10-19-17(23-14)13-2-6-18-7-3-13/h2-3,6-7,10-12,15H,4-5,8-9H2,1H3,(H,20,22)/t11-,15-/m0/s1. The summed E-state index contributed by atoms with van der Waals surface area (Å²) in [6, 6.07) is 4.52. The lowest BCUT2D eigenvalue weighted by atomic mass is 9.79. The molecule has 0 saturated carbocycles. The van der Waals surface area contributed by atoms with Gasteiger partial charge in [-0.1, -0.05) is 0 Å². The molecule has 2 aromatic rings. The molecule has 0 aromatic carbocycles. The van der Waals surface area contributed by atoms with Gasteiger partial charge in [0.15, 0.2) is 0 Å². The minimum Gasteiger partial charge on any atom is -0.347 e. The Morgan fingerprint density at radius 3 is 2.74 bits per heavy atom. The number of pyridine rings is 1. The van der Waals surface area contributed by atoms with Gasteiger partial charge in [-0.15, -0.1) is 11.3 Å². The fourth-order valence-electron chi connectivity index (χ4n) is 3.77. The van der Waals surface area contributed by atoms with Crippen molar-refractivity contribution in [2.24, 2.45) is 5.92 Å². The van der Waals surface area contributed by atoms with E-state index in [1.54, 1.807) is 18.6 Å². The molecule has 6 heteroatoms. The summed E-state index contributed by atoms with van der Waals surface area (Å²) >= 11 is 1.44. The maximum Gasteiger partial charge on any atom is 0.263 e. The number of hydrogen-bond acceptors (Lipinski definition) is 5. The minimum absolute atomic E-state index is 0.00778. The fraction of sp³-hybridized carbons (Fsp3) is 0.471. The maximum atomic E-state index is 12.6. The van der Waals surface area contributed by atoms with E-state index in [0.717, 1.165) is 10.6 Å². The van der Waals surface area contributed by atoms with Gasteiger partial charge in [0.2, 0.25) is 0 Å². The van der Waals surface area contributed by atoms with E-state index in [4.69, 9.17) is 0 Å². The molecular weight excluding hydrogens is 308 g/mol. The van der Waals surface area contributed by atoms with Gasteiger partial charge in [-0.2, -0.15) is 0 Å². The van der Waals surface area contributed by atoms with E-state index in [0.29, 0.717) is 16.8 Å². The third-order valence-electron chi connectivity index (χ3n) is 5.13. The summed E-state index contributed by atoms with van der Waals surface area (Å²) in [4.78, 5) is 24.2. The number of carbonyl (C=O) groups is 1. The van der Waals surface area contributed by atoms with Crippen LogP contribution in [0.25, 0.3) is 10.6 Å². The Morgan fingerprint density at radius 1 is 1.30 bits per heavy atom. The highest BCUT2D eigenvalue weighted by Crippen LogP contribution is 2.32. The lowest BCUT2D eigenvalue weighted by Crippen LogP contribution is -2.62. The van der Waals surface area contributed by atoms with Gasteiger partial charge in [0, 0.05) is 30.0 Å². The van der Waals surface area contributed by atoms with Crippen LogP contribution >= 0.6 is 11.3 Å². The summed E-state index contributed by atoms with van der Waals surface area (Å²) in [6.45, 7) is 4.57. The predicted molar refractivity (Wildman–Crippen MR) is 90.4 cm³/mol. The summed E-state index contributed by atoms with van der Waals surface area (Å²) in [5.74, 6) is 0.625. The number of amides is 1. The Labute approximate surface area is 139 Å². The molecule has 3 saturated heterocycles. The van der Waals surface area contributed by atoms with E-state index >= 15 is 0 Å². The van der Waals surface area contributed by atoms with Crippen molar-refractivity contribution in [3.05, 3.63) is 35.6 Å². The van der Waals surface area contributed by atoms with Crippen LogP contribution in [0.15, 0.2) is 30.7 Å². The quantitative estimate of drug-likeness (QED) is 0.940. The molecule has 0 radical (unpaired) electrons. The monoisotopic (exact) mass is 328 g/mol. The van der Waals surface area contributed by atoms with Gasteiger partial charge in [-0.3, -0.25) is 14.7 Å². The largest absolute Gasteiger partial charge is 0.347 e. The number of piperidine rings is 3. The number of thiazole rings is 1. The summed E-state index contributed by atoms with van der Waals surface area (Å²) < 4.78 is 0. The Kier molecular flexibility index (Phi) is 3.87. The molecule has 120 valence electrons. The van der Waals surface area contributed by atoms with E-state index in [-0.39, 0.29) is 11.9 Å². The van der Waals surface area contributed by atoms with Gasteiger partial charge in [0.05, 0.1) is 6.20 Å². The molecule has 1 amide bonds. The van der Waals surface area contributed by atoms with E-state index in [1.807, 2.05) is 12.1 Å². The number of rotatable bonds is 3. The highest BCUT2D eigenvalue weighted by molar-refractivity contribution is 7.16. The molecule has 2 aromatic heterocycles. The first-order chi connectivity index (χ1) is 11.2. The van der Waals surface area contributed by atoms with Crippen molar-refractivity contribution in [3.8, 4) is 10.6 Å². The summed E-state index contributed by atoms with van der Waals surface area (Å²) in [5, 5.41) is 4.12. The topological polar surface area (TPSA) is 58.1 Å². The lowest BCUT2D eigenvalue weighted by Gasteiger charge is -2.49. The zero-order valence-electron chi connectivity index (χ0n) is 13.1. The van der Waals surface area contributed by atoms with Crippen LogP contribution in [0.3, 0.4) is 0 Å². The van der Waals surface area contributed by atoms with Crippen LogP contribution < -0.4 is 5.32 Å². The number of nitrogens with zero attached hydrogens (tertiary/aromatic N) is 3. The van der Waals surface area contributed by atoms with Gasteiger partial charge in [-0.25, -0.2) is 4.98 Å². The first kappa shape index (κ1) is 14.8. The number of nitrogens with one attached hydrogen (secondary N) is 1. The molecule has 23 heavy (non-hydrogen) atoms. The number of hydrogen-bond donors (Lipinski definition) is 1. The second kappa shape index (κ2) is 6.02. The van der Waals surface area contributed by atoms with Crippen LogP contribution in [0.4, 0.5) is 0 Å². The number of aromatic nitrogens is 2. The maximum absolute atomic E-state index is 12.6. The van der Waals surface area contributed by atoms with Crippen molar-refractivity contribution in [1.29, 1.82) is 0 Å². The second-order valence-corrected chi connectivity index (χ2v) is 7.41. The zero-order chi connectivity index (χ0) is 15.8. The zero-order valence-corrected chi connectivity index (χ0v) is 13.9. The van der Waals surface area contributed by atoms with Crippen LogP contribution in [0, 0.1) is 5.92 Å². The Balaban J connectivity index is 1.49. The van der Waals surface area contributed by atoms with Crippen LogP contribution in [-0.4, -0.2) is 45.9 Å². The van der Waals surface area contributed by atoms with Crippen LogP contribution in [0.2, 0.25) is 0 Å². The predicted octanol–water partition coefficient (Wildman–Crippen LogP) is 2.42. The Bertz CT molecular complexity index is 692. The van der Waals surface area contributed by atoms with E-state index < -0.39 is 0 Å². The minimum atomic E-state index is 0.00778. The molecule has 1 N–H and O–H groups in total. The van der Waals surface area contributed by atoms with Crippen molar-refractivity contribution in [2.75, 3.05) is 13.1 Å². The third kappa shape index (κ3) is 2.77. The molecule has 5 heterocycles. The SMILES string of the molecule is C[C@H]1[C@H](NC(=O)c2cnc(-c3ccncc3)s2)C2CCN1CC2. The molecule has 0 spiro atoms. The second-order valence-electron chi connectivity index (χ2n) is 6.38. The van der Waals surface area contributed by atoms with Crippen LogP contribution in [-0.2, 0) is 0 Å². The van der Waals surface area contributed by atoms with Crippen molar-refractivity contribution in [1.82, 2.24) is 20.2 Å². The van der Waals surface area contributed by atoms with E-state index in [9.17, 15) is 4.79 Å². The number of carbonyl (C=O) groups excluding carboxylic acids is 1. The average molecular weight is 328 g/mol. The summed E-state index contributed by atoms with van der Waals surface area (Å²) in [7, 11) is 0. The molecule has 0 aliphatic carbocycles. The highest BCUT2D eigenvalue weighted by Gasteiger charge is 2.40. The molecule has 3 aliphatic heterocycles. The van der Waals surface area contributed by atoms with Crippen LogP contribution in [0.5, 0.6) is 0 Å². The molecule has 0 unspecified atom stereocenters. The molecule has 3 aliphatic rings. The molecule has 2 bridgehead atoms. The Morgan fingerprint density at radius 2 is 2.04 bits per heavy atom. The molecule has 5 nitrogen and oxygen atoms in total. The molecular formula is C17H20N4OS. The van der Waals surface area contributed by atoms with Gasteiger partial charge < -0.3 is 5.32 Å². The Hall–Kier alpha value is -1.79. The molecule has 2 atom stereocenters. The fourth-order valence-corrected chi connectivity index (χ4v) is 4.60. The van der Waals surface area contributed by atoms with Crippen molar-refractivity contribution < 1.29 is 4.79 Å². The van der Waals surface area contributed by atoms with Crippen molar-refractivity contribution >= 4 is 17.2 Å². The normalized spacial score (nSPS) is 29.4. The van der Waals surface area contributed by atoms with Gasteiger partial charge in [0.1, 0.15) is 9.88 Å². The van der Waals surface area contributed by atoms with Gasteiger partial charge in [0.25, 0.3) is 5.91 Å². The summed E-state index contributed by atoms with van der Waals surface area (Å²) in [6.07, 6.45) is 7.55. The van der Waals surface area contributed by atoms with Gasteiger partial charge in [-0.05, 0) is 50.9 Å². The lowest BCUT2D eigenvalue weighted by molar-refractivity contribution is 0.0218. The first-order valence-corrected chi connectivity index (χ1v) is 8.95. The molecule has 3 fully saturated rings. The van der Waals surface area contributed by atoms with E-state index in [1.165, 1.54) is 37.3 Å². The smallest absolute Gasteiger partial charge is 0.263 e. The molecule has 5 rings (SSSR count). The van der Waals surface area contributed by atoms with E-state index in [2.05, 4.69) is 27.1 Å². The first-order valence-electron chi connectivity index (χ1n) is 8.13. The summed E-state index contributed by atoms with van der Waals surface area (Å²) in [5.41, 5.74) is 1.00. The van der Waals surface area contributed by atoms with Crippen molar-refractivity contribution in [2.45, 2.75) is 31.8 Å². The van der Waals surface area contributed by atoms with Crippen LogP contribution in [0.1, 0.15) is 29.4 Å². The third-order valence-corrected chi connectivity index (χ3v) is 6.18.